The molecule has 0 amide bonds. The van der Waals surface area contributed by atoms with Crippen LogP contribution in [0, 0.1) is 23.7 Å². The van der Waals surface area contributed by atoms with Gasteiger partial charge in [0.2, 0.25) is 0 Å². The van der Waals surface area contributed by atoms with Crippen LogP contribution in [0.4, 0.5) is 17.1 Å². The average molecular weight is 669 g/mol. The van der Waals surface area contributed by atoms with Crippen LogP contribution in [0.3, 0.4) is 0 Å². The van der Waals surface area contributed by atoms with E-state index in [1.807, 2.05) is 0 Å². The molecule has 0 aliphatic heterocycles. The number of hydrogen-bond acceptors (Lipinski definition) is 1. The van der Waals surface area contributed by atoms with Crippen molar-refractivity contribution in [3.8, 4) is 16.8 Å². The van der Waals surface area contributed by atoms with Gasteiger partial charge in [0.25, 0.3) is 0 Å². The molecule has 4 bridgehead atoms. The molecule has 0 N–H and O–H groups in total. The van der Waals surface area contributed by atoms with E-state index >= 15 is 0 Å². The Balaban J connectivity index is 1.05. The maximum absolute atomic E-state index is 2.55. The average Bonchev–Trinajstić information content (AvgIpc) is 3.68. The summed E-state index contributed by atoms with van der Waals surface area (Å²) in [5.41, 5.74) is 13.5. The number of para-hydroxylation sites is 2. The van der Waals surface area contributed by atoms with Gasteiger partial charge in [-0.1, -0.05) is 103 Å². The number of aromatic nitrogens is 1. The van der Waals surface area contributed by atoms with Gasteiger partial charge >= 0.3 is 0 Å². The van der Waals surface area contributed by atoms with Gasteiger partial charge in [-0.3, -0.25) is 0 Å². The largest absolute Gasteiger partial charge is 0.310 e. The number of rotatable bonds is 4. The summed E-state index contributed by atoms with van der Waals surface area (Å²) in [6.45, 7) is 0. The van der Waals surface area contributed by atoms with Crippen LogP contribution in [0.1, 0.15) is 43.2 Å². The van der Waals surface area contributed by atoms with Crippen molar-refractivity contribution in [1.82, 2.24) is 4.57 Å². The lowest BCUT2D eigenvalue weighted by atomic mass is 9.43. The summed E-state index contributed by atoms with van der Waals surface area (Å²) >= 11 is 0. The van der Waals surface area contributed by atoms with Crippen LogP contribution in [-0.4, -0.2) is 4.57 Å². The molecule has 5 aliphatic rings. The molecule has 0 radical (unpaired) electrons. The molecular weight excluding hydrogens is 629 g/mol. The zero-order valence-electron chi connectivity index (χ0n) is 29.3. The van der Waals surface area contributed by atoms with E-state index in [0.29, 0.717) is 0 Å². The molecule has 1 aromatic heterocycles. The molecule has 13 rings (SSSR count). The molecule has 250 valence electrons. The first-order valence-electron chi connectivity index (χ1n) is 19.4. The zero-order chi connectivity index (χ0) is 34.0. The second-order valence-electron chi connectivity index (χ2n) is 16.2. The minimum atomic E-state index is 0.173. The van der Waals surface area contributed by atoms with Crippen LogP contribution >= 0.6 is 0 Å². The SMILES string of the molecule is c1ccc2c(c1)-c1cc(N(c3ccc(-n4c5ccccc5c5ccccc54)cc3)c3cccc4ccccc34)ccc1C21[C@H]2CC3C[C@H](C2)C[C@H]1C3. The molecule has 1 spiro atoms. The first-order valence-corrected chi connectivity index (χ1v) is 19.4. The number of fused-ring (bicyclic) bond motifs is 7. The Bertz CT molecular complexity index is 2630. The van der Waals surface area contributed by atoms with Crippen LogP contribution in [0.15, 0.2) is 158 Å². The van der Waals surface area contributed by atoms with E-state index in [4.69, 9.17) is 0 Å². The molecular formula is C50H40N2. The second kappa shape index (κ2) is 10.7. The van der Waals surface area contributed by atoms with E-state index in [2.05, 4.69) is 167 Å². The Morgan fingerprint density at radius 3 is 1.77 bits per heavy atom. The van der Waals surface area contributed by atoms with E-state index in [9.17, 15) is 0 Å². The first-order chi connectivity index (χ1) is 25.8. The Hall–Kier alpha value is -5.60. The molecule has 1 heterocycles. The van der Waals surface area contributed by atoms with E-state index < -0.39 is 0 Å². The standard InChI is InChI=1S/C50H40N2/c1-2-12-40-34(10-1)11-9-19-47(40)51(37-20-22-38(23-21-37)52-48-17-7-4-14-42(48)43-15-5-8-18-49(43)52)39-24-25-46-44(31-39)41-13-3-6-16-45(41)50(46)35-27-32-26-33(29-35)30-36(50)28-32/h1-25,31-33,35-36H,26-30H2/t32-,33?,35-,36+,50?. The van der Waals surface area contributed by atoms with Gasteiger partial charge in [-0.25, -0.2) is 0 Å². The maximum atomic E-state index is 2.55. The predicted molar refractivity (Wildman–Crippen MR) is 216 cm³/mol. The highest BCUT2D eigenvalue weighted by atomic mass is 15.1. The Kier molecular flexibility index (Phi) is 5.98. The lowest BCUT2D eigenvalue weighted by Gasteiger charge is -2.61. The van der Waals surface area contributed by atoms with Gasteiger partial charge in [-0.15, -0.1) is 0 Å². The highest BCUT2D eigenvalue weighted by Crippen LogP contribution is 2.69. The molecule has 8 aromatic rings. The van der Waals surface area contributed by atoms with Gasteiger partial charge in [0.1, 0.15) is 0 Å². The topological polar surface area (TPSA) is 8.17 Å². The van der Waals surface area contributed by atoms with E-state index in [-0.39, 0.29) is 5.41 Å². The number of anilines is 3. The van der Waals surface area contributed by atoms with E-state index in [1.54, 1.807) is 11.1 Å². The minimum Gasteiger partial charge on any atom is -0.310 e. The quantitative estimate of drug-likeness (QED) is 0.181. The lowest BCUT2D eigenvalue weighted by Crippen LogP contribution is -2.55. The van der Waals surface area contributed by atoms with Crippen LogP contribution in [0.2, 0.25) is 0 Å². The molecule has 0 atom stereocenters. The smallest absolute Gasteiger partial charge is 0.0541 e. The van der Waals surface area contributed by atoms with E-state index in [1.165, 1.54) is 92.9 Å². The zero-order valence-corrected chi connectivity index (χ0v) is 29.3. The van der Waals surface area contributed by atoms with Crippen molar-refractivity contribution in [2.75, 3.05) is 4.90 Å². The normalized spacial score (nSPS) is 23.8. The van der Waals surface area contributed by atoms with Crippen LogP contribution in [-0.2, 0) is 5.41 Å². The van der Waals surface area contributed by atoms with Crippen molar-refractivity contribution < 1.29 is 0 Å². The molecule has 4 saturated carbocycles. The van der Waals surface area contributed by atoms with Crippen molar-refractivity contribution in [3.63, 3.8) is 0 Å². The summed E-state index contributed by atoms with van der Waals surface area (Å²) in [7, 11) is 0. The number of hydrogen-bond donors (Lipinski definition) is 0. The third kappa shape index (κ3) is 3.85. The first kappa shape index (κ1) is 29.0. The van der Waals surface area contributed by atoms with Gasteiger partial charge in [-0.2, -0.15) is 0 Å². The summed E-state index contributed by atoms with van der Waals surface area (Å²) in [5, 5.41) is 5.09. The fourth-order valence-electron chi connectivity index (χ4n) is 12.1. The van der Waals surface area contributed by atoms with Crippen LogP contribution in [0.5, 0.6) is 0 Å². The second-order valence-corrected chi connectivity index (χ2v) is 16.2. The molecule has 2 heteroatoms. The fraction of sp³-hybridized carbons (Fsp3) is 0.200. The van der Waals surface area contributed by atoms with Crippen molar-refractivity contribution in [2.45, 2.75) is 37.5 Å². The van der Waals surface area contributed by atoms with Gasteiger partial charge < -0.3 is 9.47 Å². The monoisotopic (exact) mass is 668 g/mol. The predicted octanol–water partition coefficient (Wildman–Crippen LogP) is 13.1. The van der Waals surface area contributed by atoms with E-state index in [0.717, 1.165) is 29.4 Å². The molecule has 0 unspecified atom stereocenters. The highest BCUT2D eigenvalue weighted by Gasteiger charge is 2.61. The highest BCUT2D eigenvalue weighted by molar-refractivity contribution is 6.09. The Morgan fingerprint density at radius 2 is 1.04 bits per heavy atom. The summed E-state index contributed by atoms with van der Waals surface area (Å²) in [4.78, 5) is 2.50. The maximum Gasteiger partial charge on any atom is 0.0541 e. The summed E-state index contributed by atoms with van der Waals surface area (Å²) < 4.78 is 2.41. The molecule has 0 saturated heterocycles. The number of nitrogens with zero attached hydrogens (tertiary/aromatic N) is 2. The molecule has 7 aromatic carbocycles. The van der Waals surface area contributed by atoms with Gasteiger partial charge in [0.15, 0.2) is 0 Å². The summed E-state index contributed by atoms with van der Waals surface area (Å²) in [6, 6.07) is 59.4. The summed E-state index contributed by atoms with van der Waals surface area (Å²) in [6.07, 6.45) is 7.10. The molecule has 4 fully saturated rings. The van der Waals surface area contributed by atoms with Crippen molar-refractivity contribution >= 4 is 49.6 Å². The van der Waals surface area contributed by atoms with Gasteiger partial charge in [-0.05, 0) is 138 Å². The lowest BCUT2D eigenvalue weighted by molar-refractivity contribution is -0.0399. The third-order valence-corrected chi connectivity index (χ3v) is 13.7. The number of benzene rings is 7. The van der Waals surface area contributed by atoms with Crippen LogP contribution < -0.4 is 4.90 Å². The van der Waals surface area contributed by atoms with Gasteiger partial charge in [0.05, 0.1) is 16.7 Å². The summed E-state index contributed by atoms with van der Waals surface area (Å²) in [5.74, 6) is 3.41. The van der Waals surface area contributed by atoms with Crippen molar-refractivity contribution in [2.24, 2.45) is 23.7 Å². The van der Waals surface area contributed by atoms with Crippen LogP contribution in [0.25, 0.3) is 49.4 Å². The Morgan fingerprint density at radius 1 is 0.462 bits per heavy atom. The molecule has 5 aliphatic carbocycles. The van der Waals surface area contributed by atoms with Gasteiger partial charge in [0, 0.05) is 38.6 Å². The van der Waals surface area contributed by atoms with Crippen molar-refractivity contribution in [1.29, 1.82) is 0 Å². The molecule has 52 heavy (non-hydrogen) atoms. The third-order valence-electron chi connectivity index (χ3n) is 13.7. The minimum absolute atomic E-state index is 0.173. The fourth-order valence-corrected chi connectivity index (χ4v) is 12.1. The van der Waals surface area contributed by atoms with Crippen molar-refractivity contribution in [3.05, 3.63) is 169 Å². The Labute approximate surface area is 305 Å². The molecule has 2 nitrogen and oxygen atoms in total.